The van der Waals surface area contributed by atoms with E-state index in [1.807, 2.05) is 24.3 Å². The van der Waals surface area contributed by atoms with Crippen LogP contribution < -0.4 is 10.1 Å². The van der Waals surface area contributed by atoms with Crippen LogP contribution in [0.3, 0.4) is 0 Å². The summed E-state index contributed by atoms with van der Waals surface area (Å²) in [4.78, 5) is 2.23. The average molecular weight is 451 g/mol. The van der Waals surface area contributed by atoms with Crippen LogP contribution in [0.15, 0.2) is 48.5 Å². The second-order valence-corrected chi connectivity index (χ2v) is 8.60. The van der Waals surface area contributed by atoms with Gasteiger partial charge in [0.25, 0.3) is 0 Å². The molecule has 1 atom stereocenters. The van der Waals surface area contributed by atoms with Gasteiger partial charge in [0.2, 0.25) is 0 Å². The number of likely N-dealkylation sites (N-methyl/N-ethyl adjacent to an activating group) is 1. The van der Waals surface area contributed by atoms with Crippen LogP contribution in [0.1, 0.15) is 48.8 Å². The lowest BCUT2D eigenvalue weighted by atomic mass is 9.94. The molecule has 0 saturated heterocycles. The molecule has 3 rings (SSSR count). The number of rotatable bonds is 10. The van der Waals surface area contributed by atoms with E-state index in [9.17, 15) is 18.3 Å². The van der Waals surface area contributed by atoms with E-state index in [2.05, 4.69) is 17.3 Å². The molecular weight excluding hydrogens is 417 g/mol. The van der Waals surface area contributed by atoms with Crippen molar-refractivity contribution in [2.24, 2.45) is 0 Å². The van der Waals surface area contributed by atoms with Gasteiger partial charge in [-0.05, 0) is 49.2 Å². The Balaban J connectivity index is 1.45. The molecule has 4 nitrogen and oxygen atoms in total. The second-order valence-electron chi connectivity index (χ2n) is 8.60. The van der Waals surface area contributed by atoms with Crippen molar-refractivity contribution < 1.29 is 23.0 Å². The average Bonchev–Trinajstić information content (AvgIpc) is 2.78. The minimum absolute atomic E-state index is 0.118. The highest BCUT2D eigenvalue weighted by Gasteiger charge is 2.32. The highest BCUT2D eigenvalue weighted by Crippen LogP contribution is 2.31. The lowest BCUT2D eigenvalue weighted by molar-refractivity contribution is -0.138. The normalized spacial score (nSPS) is 16.3. The minimum atomic E-state index is -4.36. The number of halogens is 3. The summed E-state index contributed by atoms with van der Waals surface area (Å²) in [5, 5.41) is 13.4. The fourth-order valence-corrected chi connectivity index (χ4v) is 4.29. The van der Waals surface area contributed by atoms with Gasteiger partial charge in [-0.2, -0.15) is 13.2 Å². The Kier molecular flexibility index (Phi) is 8.96. The van der Waals surface area contributed by atoms with Crippen LogP contribution in [0.25, 0.3) is 0 Å². The van der Waals surface area contributed by atoms with Gasteiger partial charge in [0.1, 0.15) is 18.5 Å². The Morgan fingerprint density at radius 3 is 2.56 bits per heavy atom. The van der Waals surface area contributed by atoms with Crippen molar-refractivity contribution in [3.05, 3.63) is 65.2 Å². The molecule has 1 fully saturated rings. The molecule has 0 heterocycles. The van der Waals surface area contributed by atoms with Crippen molar-refractivity contribution in [2.45, 2.75) is 63.5 Å². The topological polar surface area (TPSA) is 44.7 Å². The molecule has 0 bridgehead atoms. The van der Waals surface area contributed by atoms with Crippen LogP contribution in [0.2, 0.25) is 0 Å². The number of ether oxygens (including phenoxy) is 1. The van der Waals surface area contributed by atoms with E-state index in [0.717, 1.165) is 11.6 Å². The second kappa shape index (κ2) is 11.7. The first-order chi connectivity index (χ1) is 15.3. The van der Waals surface area contributed by atoms with Gasteiger partial charge in [-0.25, -0.2) is 0 Å². The third-order valence-electron chi connectivity index (χ3n) is 6.00. The molecule has 2 N–H and O–H groups in total. The smallest absolute Gasteiger partial charge is 0.416 e. The number of aliphatic hydroxyl groups is 1. The van der Waals surface area contributed by atoms with Gasteiger partial charge in [-0.1, -0.05) is 49.6 Å². The van der Waals surface area contributed by atoms with Gasteiger partial charge in [-0.3, -0.25) is 0 Å². The molecule has 2 aromatic carbocycles. The number of hydrogen-bond donors (Lipinski definition) is 2. The molecule has 0 amide bonds. The van der Waals surface area contributed by atoms with Gasteiger partial charge >= 0.3 is 6.18 Å². The Labute approximate surface area is 188 Å². The third-order valence-corrected chi connectivity index (χ3v) is 6.00. The maximum Gasteiger partial charge on any atom is 0.416 e. The molecule has 1 unspecified atom stereocenters. The van der Waals surface area contributed by atoms with E-state index in [-0.39, 0.29) is 18.7 Å². The fraction of sp³-hybridized carbons (Fsp3) is 0.520. The molecule has 0 radical (unpaired) electrons. The maximum atomic E-state index is 13.1. The SMILES string of the molecule is CN(CC(O)COc1cccc(CNCc2ccccc2C(F)(F)F)c1)C1CCCCC1. The highest BCUT2D eigenvalue weighted by molar-refractivity contribution is 5.30. The summed E-state index contributed by atoms with van der Waals surface area (Å²) >= 11 is 0. The van der Waals surface area contributed by atoms with Gasteiger partial charge in [0, 0.05) is 25.7 Å². The van der Waals surface area contributed by atoms with Crippen molar-refractivity contribution in [3.63, 3.8) is 0 Å². The first kappa shape index (κ1) is 24.6. The predicted molar refractivity (Wildman–Crippen MR) is 119 cm³/mol. The monoisotopic (exact) mass is 450 g/mol. The van der Waals surface area contributed by atoms with Crippen molar-refractivity contribution in [1.82, 2.24) is 10.2 Å². The molecule has 7 heteroatoms. The Bertz CT molecular complexity index is 838. The van der Waals surface area contributed by atoms with E-state index in [4.69, 9.17) is 4.74 Å². The summed E-state index contributed by atoms with van der Waals surface area (Å²) in [6.07, 6.45) is 1.24. The summed E-state index contributed by atoms with van der Waals surface area (Å²) in [6.45, 7) is 1.31. The van der Waals surface area contributed by atoms with Crippen molar-refractivity contribution in [2.75, 3.05) is 20.2 Å². The molecule has 0 aromatic heterocycles. The van der Waals surface area contributed by atoms with E-state index in [1.165, 1.54) is 44.2 Å². The third kappa shape index (κ3) is 7.50. The Morgan fingerprint density at radius 2 is 1.81 bits per heavy atom. The Morgan fingerprint density at radius 1 is 1.06 bits per heavy atom. The summed E-state index contributed by atoms with van der Waals surface area (Å²) in [6, 6.07) is 13.5. The van der Waals surface area contributed by atoms with Crippen LogP contribution in [0.5, 0.6) is 5.75 Å². The molecule has 32 heavy (non-hydrogen) atoms. The number of benzene rings is 2. The number of alkyl halides is 3. The van der Waals surface area contributed by atoms with Crippen LogP contribution in [-0.2, 0) is 19.3 Å². The molecule has 0 aliphatic heterocycles. The largest absolute Gasteiger partial charge is 0.491 e. The fourth-order valence-electron chi connectivity index (χ4n) is 4.29. The lowest BCUT2D eigenvalue weighted by Gasteiger charge is -2.32. The number of hydrogen-bond acceptors (Lipinski definition) is 4. The van der Waals surface area contributed by atoms with Crippen molar-refractivity contribution in [3.8, 4) is 5.75 Å². The Hall–Kier alpha value is -2.09. The summed E-state index contributed by atoms with van der Waals surface area (Å²) in [5.74, 6) is 0.638. The molecule has 2 aromatic rings. The first-order valence-corrected chi connectivity index (χ1v) is 11.3. The molecule has 1 saturated carbocycles. The zero-order valence-corrected chi connectivity index (χ0v) is 18.6. The van der Waals surface area contributed by atoms with Gasteiger partial charge in [-0.15, -0.1) is 0 Å². The molecule has 1 aliphatic carbocycles. The van der Waals surface area contributed by atoms with Crippen molar-refractivity contribution in [1.29, 1.82) is 0 Å². The van der Waals surface area contributed by atoms with Gasteiger partial charge < -0.3 is 20.1 Å². The van der Waals surface area contributed by atoms with Gasteiger partial charge in [0.05, 0.1) is 5.56 Å². The standard InChI is InChI=1S/C25H33F3N2O2/c1-30(21-10-3-2-4-11-21)17-22(31)18-32-23-12-7-8-19(14-23)15-29-16-20-9-5-6-13-24(20)25(26,27)28/h5-9,12-14,21-22,29,31H,2-4,10-11,15-18H2,1H3. The lowest BCUT2D eigenvalue weighted by Crippen LogP contribution is -2.40. The van der Waals surface area contributed by atoms with Crippen LogP contribution >= 0.6 is 0 Å². The minimum Gasteiger partial charge on any atom is -0.491 e. The summed E-state index contributed by atoms with van der Waals surface area (Å²) in [5.41, 5.74) is 0.509. The van der Waals surface area contributed by atoms with E-state index in [1.54, 1.807) is 6.07 Å². The summed E-state index contributed by atoms with van der Waals surface area (Å²) < 4.78 is 45.1. The summed E-state index contributed by atoms with van der Waals surface area (Å²) in [7, 11) is 2.06. The first-order valence-electron chi connectivity index (χ1n) is 11.3. The van der Waals surface area contributed by atoms with Crippen LogP contribution in [-0.4, -0.2) is 42.4 Å². The van der Waals surface area contributed by atoms with Gasteiger partial charge in [0.15, 0.2) is 0 Å². The zero-order chi connectivity index (χ0) is 23.0. The predicted octanol–water partition coefficient (Wildman–Crippen LogP) is 5.00. The quantitative estimate of drug-likeness (QED) is 0.535. The highest BCUT2D eigenvalue weighted by atomic mass is 19.4. The molecule has 0 spiro atoms. The molecule has 1 aliphatic rings. The number of aliphatic hydroxyl groups excluding tert-OH is 1. The van der Waals surface area contributed by atoms with Crippen molar-refractivity contribution >= 4 is 0 Å². The van der Waals surface area contributed by atoms with E-state index < -0.39 is 17.8 Å². The molecule has 176 valence electrons. The number of nitrogens with zero attached hydrogens (tertiary/aromatic N) is 1. The zero-order valence-electron chi connectivity index (χ0n) is 18.6. The molecular formula is C25H33F3N2O2. The van der Waals surface area contributed by atoms with Crippen LogP contribution in [0, 0.1) is 0 Å². The number of nitrogens with one attached hydrogen (secondary N) is 1. The maximum absolute atomic E-state index is 13.1. The van der Waals surface area contributed by atoms with E-state index >= 15 is 0 Å². The van der Waals surface area contributed by atoms with E-state index in [0.29, 0.717) is 24.9 Å². The van der Waals surface area contributed by atoms with Crippen LogP contribution in [0.4, 0.5) is 13.2 Å².